The third kappa shape index (κ3) is 4.01. The molecule has 0 aliphatic heterocycles. The second kappa shape index (κ2) is 6.29. The molecule has 0 spiro atoms. The summed E-state index contributed by atoms with van der Waals surface area (Å²) < 4.78 is 66.7. The average Bonchev–Trinajstić information content (AvgIpc) is 2.48. The third-order valence-corrected chi connectivity index (χ3v) is 4.05. The van der Waals surface area contributed by atoms with Crippen molar-refractivity contribution in [3.8, 4) is 5.75 Å². The largest absolute Gasteiger partial charge is 0.416 e. The first kappa shape index (κ1) is 16.8. The molecule has 0 unspecified atom stereocenters. The summed E-state index contributed by atoms with van der Waals surface area (Å²) in [4.78, 5) is -0.398. The van der Waals surface area contributed by atoms with Crippen LogP contribution in [-0.2, 0) is 16.3 Å². The van der Waals surface area contributed by atoms with E-state index in [1.54, 1.807) is 6.07 Å². The normalized spacial score (nSPS) is 12.5. The van der Waals surface area contributed by atoms with Gasteiger partial charge in [0.15, 0.2) is 5.75 Å². The molecule has 2 N–H and O–H groups in total. The van der Waals surface area contributed by atoms with E-state index in [0.717, 1.165) is 12.1 Å². The fraction of sp³-hybridized carbons (Fsp3) is 0.0714. The van der Waals surface area contributed by atoms with Gasteiger partial charge in [0.05, 0.1) is 11.8 Å². The summed E-state index contributed by atoms with van der Waals surface area (Å²) >= 11 is 0. The smallest absolute Gasteiger partial charge is 0.378 e. The highest BCUT2D eigenvalue weighted by molar-refractivity contribution is 7.87. The van der Waals surface area contributed by atoms with Gasteiger partial charge in [0.25, 0.3) is 0 Å². The average molecular weight is 344 g/mol. The van der Waals surface area contributed by atoms with Crippen LogP contribution in [0.1, 0.15) is 11.1 Å². The Bertz CT molecular complexity index is 816. The Balaban J connectivity index is 2.33. The van der Waals surface area contributed by atoms with E-state index in [-0.39, 0.29) is 5.75 Å². The molecule has 2 rings (SSSR count). The van der Waals surface area contributed by atoms with E-state index < -0.39 is 26.8 Å². The maximum absolute atomic E-state index is 12.5. The third-order valence-electron chi connectivity index (χ3n) is 2.80. The van der Waals surface area contributed by atoms with Crippen LogP contribution in [-0.4, -0.2) is 14.6 Å². The predicted molar refractivity (Wildman–Crippen MR) is 77.5 cm³/mol. The highest BCUT2D eigenvalue weighted by Crippen LogP contribution is 2.30. The Morgan fingerprint density at radius 1 is 1.04 bits per heavy atom. The number of benzene rings is 2. The molecule has 5 nitrogen and oxygen atoms in total. The van der Waals surface area contributed by atoms with Crippen LogP contribution in [0.3, 0.4) is 0 Å². The van der Waals surface area contributed by atoms with Crippen LogP contribution in [0.15, 0.2) is 58.5 Å². The maximum atomic E-state index is 12.5. The Morgan fingerprint density at radius 3 is 2.22 bits per heavy atom. The first-order valence-corrected chi connectivity index (χ1v) is 7.59. The van der Waals surface area contributed by atoms with Gasteiger partial charge in [-0.25, -0.2) is 0 Å². The standard InChI is InChI=1S/C14H11F3N2O3S/c15-14(16,17)11-5-7-12(8-6-11)23(20,21)22-13-4-2-1-3-10(13)9-19-18/h1-9H,18H2/b19-9-. The molecule has 0 radical (unpaired) electrons. The molecule has 23 heavy (non-hydrogen) atoms. The number of hydrogen-bond acceptors (Lipinski definition) is 5. The van der Waals surface area contributed by atoms with Crippen LogP contribution in [0.25, 0.3) is 0 Å². The summed E-state index contributed by atoms with van der Waals surface area (Å²) in [6, 6.07) is 9.05. The van der Waals surface area contributed by atoms with E-state index in [1.165, 1.54) is 24.4 Å². The van der Waals surface area contributed by atoms with Gasteiger partial charge in [-0.1, -0.05) is 12.1 Å². The molecule has 0 bridgehead atoms. The van der Waals surface area contributed by atoms with Gasteiger partial charge in [-0.3, -0.25) is 0 Å². The first-order valence-electron chi connectivity index (χ1n) is 6.18. The summed E-state index contributed by atoms with van der Waals surface area (Å²) in [6.07, 6.45) is -3.36. The van der Waals surface area contributed by atoms with E-state index in [9.17, 15) is 21.6 Å². The number of halogens is 3. The molecule has 2 aromatic rings. The lowest BCUT2D eigenvalue weighted by molar-refractivity contribution is -0.137. The van der Waals surface area contributed by atoms with Crippen molar-refractivity contribution in [2.45, 2.75) is 11.1 Å². The fourth-order valence-electron chi connectivity index (χ4n) is 1.72. The van der Waals surface area contributed by atoms with Gasteiger partial charge >= 0.3 is 16.3 Å². The van der Waals surface area contributed by atoms with E-state index >= 15 is 0 Å². The van der Waals surface area contributed by atoms with E-state index in [1.807, 2.05) is 0 Å². The molecule has 0 aliphatic rings. The molecule has 0 heterocycles. The zero-order valence-electron chi connectivity index (χ0n) is 11.5. The van der Waals surface area contributed by atoms with E-state index in [2.05, 4.69) is 5.10 Å². The Hall–Kier alpha value is -2.55. The molecule has 0 aromatic heterocycles. The van der Waals surface area contributed by atoms with Gasteiger partial charge in [-0.05, 0) is 36.4 Å². The molecular weight excluding hydrogens is 333 g/mol. The van der Waals surface area contributed by atoms with Crippen molar-refractivity contribution in [1.29, 1.82) is 0 Å². The molecular formula is C14H11F3N2O3S. The molecule has 0 saturated heterocycles. The molecule has 0 aliphatic carbocycles. The van der Waals surface area contributed by atoms with Crippen LogP contribution >= 0.6 is 0 Å². The lowest BCUT2D eigenvalue weighted by atomic mass is 10.2. The number of nitrogens with zero attached hydrogens (tertiary/aromatic N) is 1. The molecule has 2 aromatic carbocycles. The Morgan fingerprint density at radius 2 is 1.65 bits per heavy atom. The number of alkyl halides is 3. The zero-order chi connectivity index (χ0) is 17.1. The van der Waals surface area contributed by atoms with Crippen molar-refractivity contribution in [1.82, 2.24) is 0 Å². The van der Waals surface area contributed by atoms with Gasteiger partial charge in [-0.2, -0.15) is 26.7 Å². The Labute approximate surface area is 130 Å². The number of hydrazone groups is 1. The van der Waals surface area contributed by atoms with Gasteiger partial charge in [0.2, 0.25) is 0 Å². The minimum Gasteiger partial charge on any atom is -0.378 e. The van der Waals surface area contributed by atoms with Crippen molar-refractivity contribution in [3.05, 3.63) is 59.7 Å². The van der Waals surface area contributed by atoms with E-state index in [0.29, 0.717) is 17.7 Å². The second-order valence-corrected chi connectivity index (χ2v) is 5.92. The summed E-state index contributed by atoms with van der Waals surface area (Å²) in [5.41, 5.74) is -0.641. The number of rotatable bonds is 4. The van der Waals surface area contributed by atoms with Crippen molar-refractivity contribution in [3.63, 3.8) is 0 Å². The van der Waals surface area contributed by atoms with Gasteiger partial charge in [0, 0.05) is 5.56 Å². The number of hydrogen-bond donors (Lipinski definition) is 1. The van der Waals surface area contributed by atoms with Crippen LogP contribution in [0.2, 0.25) is 0 Å². The van der Waals surface area contributed by atoms with Gasteiger partial charge in [0.1, 0.15) is 4.90 Å². The molecule has 9 heteroatoms. The summed E-state index contributed by atoms with van der Waals surface area (Å²) in [5, 5.41) is 3.28. The minimum absolute atomic E-state index is 0.0402. The summed E-state index contributed by atoms with van der Waals surface area (Å²) in [7, 11) is -4.29. The Kier molecular flexibility index (Phi) is 4.60. The topological polar surface area (TPSA) is 81.8 Å². The molecule has 0 amide bonds. The lowest BCUT2D eigenvalue weighted by Crippen LogP contribution is -2.12. The van der Waals surface area contributed by atoms with Crippen molar-refractivity contribution in [2.75, 3.05) is 0 Å². The lowest BCUT2D eigenvalue weighted by Gasteiger charge is -2.10. The highest BCUT2D eigenvalue weighted by Gasteiger charge is 2.31. The van der Waals surface area contributed by atoms with Crippen LogP contribution < -0.4 is 10.0 Å². The molecule has 122 valence electrons. The van der Waals surface area contributed by atoms with Crippen molar-refractivity contribution in [2.24, 2.45) is 10.9 Å². The fourth-order valence-corrected chi connectivity index (χ4v) is 2.67. The molecule has 0 fully saturated rings. The number of para-hydroxylation sites is 1. The van der Waals surface area contributed by atoms with Crippen LogP contribution in [0.4, 0.5) is 13.2 Å². The minimum atomic E-state index is -4.55. The summed E-state index contributed by atoms with van der Waals surface area (Å²) in [5.74, 6) is 4.98. The van der Waals surface area contributed by atoms with Gasteiger partial charge < -0.3 is 10.0 Å². The van der Waals surface area contributed by atoms with Crippen LogP contribution in [0, 0.1) is 0 Å². The number of nitrogens with two attached hydrogens (primary N) is 1. The van der Waals surface area contributed by atoms with Gasteiger partial charge in [-0.15, -0.1) is 0 Å². The summed E-state index contributed by atoms with van der Waals surface area (Å²) in [6.45, 7) is 0. The maximum Gasteiger partial charge on any atom is 0.416 e. The van der Waals surface area contributed by atoms with Crippen molar-refractivity contribution >= 4 is 16.3 Å². The molecule has 0 saturated carbocycles. The van der Waals surface area contributed by atoms with Crippen molar-refractivity contribution < 1.29 is 25.8 Å². The van der Waals surface area contributed by atoms with Crippen LogP contribution in [0.5, 0.6) is 5.75 Å². The van der Waals surface area contributed by atoms with E-state index in [4.69, 9.17) is 10.0 Å². The quantitative estimate of drug-likeness (QED) is 0.400. The second-order valence-electron chi connectivity index (χ2n) is 4.38. The SMILES string of the molecule is N/N=C\c1ccccc1OS(=O)(=O)c1ccc(C(F)(F)F)cc1. The zero-order valence-corrected chi connectivity index (χ0v) is 12.3. The molecule has 0 atom stereocenters. The first-order chi connectivity index (χ1) is 10.7. The highest BCUT2D eigenvalue weighted by atomic mass is 32.2. The monoisotopic (exact) mass is 344 g/mol. The predicted octanol–water partition coefficient (Wildman–Crippen LogP) is 2.77.